The number of hydrogen-bond donors (Lipinski definition) is 2. The van der Waals surface area contributed by atoms with Crippen molar-refractivity contribution in [3.8, 4) is 0 Å². The van der Waals surface area contributed by atoms with Crippen molar-refractivity contribution in [1.29, 1.82) is 0 Å². The predicted octanol–water partition coefficient (Wildman–Crippen LogP) is 3.87. The van der Waals surface area contributed by atoms with Crippen molar-refractivity contribution in [2.24, 2.45) is 5.73 Å². The molecule has 0 spiro atoms. The van der Waals surface area contributed by atoms with E-state index in [0.29, 0.717) is 0 Å². The average Bonchev–Trinajstić information content (AvgIpc) is 2.14. The van der Waals surface area contributed by atoms with E-state index in [9.17, 15) is 0 Å². The van der Waals surface area contributed by atoms with Crippen LogP contribution in [-0.2, 0) is 0 Å². The van der Waals surface area contributed by atoms with Gasteiger partial charge in [-0.05, 0) is 34.7 Å². The Labute approximate surface area is 117 Å². The summed E-state index contributed by atoms with van der Waals surface area (Å²) in [7, 11) is 0. The third kappa shape index (κ3) is 4.26. The number of alkyl halides is 3. The van der Waals surface area contributed by atoms with Crippen LogP contribution >= 0.6 is 57.4 Å². The largest absolute Gasteiger partial charge is 0.397 e. The highest BCUT2D eigenvalue weighted by atomic mass is 127. The van der Waals surface area contributed by atoms with Crippen LogP contribution in [0.25, 0.3) is 0 Å². The first-order valence-corrected chi connectivity index (χ1v) is 6.16. The zero-order valence-corrected chi connectivity index (χ0v) is 11.9. The maximum absolute atomic E-state index is 5.59. The maximum Gasteiger partial charge on any atom is 0.231 e. The second-order valence-corrected chi connectivity index (χ2v) is 6.17. The van der Waals surface area contributed by atoms with Gasteiger partial charge in [-0.1, -0.05) is 46.9 Å². The summed E-state index contributed by atoms with van der Waals surface area (Å²) in [5, 5.41) is 2.97. The molecule has 0 fully saturated rings. The van der Waals surface area contributed by atoms with Crippen LogP contribution in [0, 0.1) is 3.57 Å². The lowest BCUT2D eigenvalue weighted by Gasteiger charge is -2.12. The zero-order chi connectivity index (χ0) is 11.5. The molecule has 0 saturated heterocycles. The highest BCUT2D eigenvalue weighted by molar-refractivity contribution is 14.1. The standard InChI is InChI=1S/C9H8Cl3IN2/c10-9(11,12)8(14)5-15-7-4-2-1-3-6(7)13/h1-5,15H,14H2. The number of para-hydroxylation sites is 1. The molecule has 82 valence electrons. The summed E-state index contributed by atoms with van der Waals surface area (Å²) in [5.41, 5.74) is 6.61. The Kier molecular flexibility index (Phi) is 4.83. The second kappa shape index (κ2) is 5.48. The lowest BCUT2D eigenvalue weighted by molar-refractivity contribution is 1.18. The number of hydrogen-bond acceptors (Lipinski definition) is 2. The summed E-state index contributed by atoms with van der Waals surface area (Å²) >= 11 is 19.0. The highest BCUT2D eigenvalue weighted by Gasteiger charge is 2.23. The molecule has 0 unspecified atom stereocenters. The van der Waals surface area contributed by atoms with Crippen LogP contribution < -0.4 is 11.1 Å². The number of nitrogens with one attached hydrogen (secondary N) is 1. The van der Waals surface area contributed by atoms with E-state index in [1.165, 1.54) is 6.20 Å². The van der Waals surface area contributed by atoms with E-state index in [0.717, 1.165) is 9.26 Å². The van der Waals surface area contributed by atoms with E-state index in [1.807, 2.05) is 24.3 Å². The average molecular weight is 377 g/mol. The Morgan fingerprint density at radius 2 is 1.93 bits per heavy atom. The Morgan fingerprint density at radius 1 is 1.33 bits per heavy atom. The van der Waals surface area contributed by atoms with Gasteiger partial charge >= 0.3 is 0 Å². The van der Waals surface area contributed by atoms with Crippen LogP contribution in [-0.4, -0.2) is 3.79 Å². The van der Waals surface area contributed by atoms with Gasteiger partial charge in [-0.2, -0.15) is 0 Å². The van der Waals surface area contributed by atoms with Crippen molar-refractivity contribution in [3.05, 3.63) is 39.7 Å². The topological polar surface area (TPSA) is 38.0 Å². The van der Waals surface area contributed by atoms with Crippen LogP contribution in [0.2, 0.25) is 0 Å². The summed E-state index contributed by atoms with van der Waals surface area (Å²) in [4.78, 5) is 0. The second-order valence-electron chi connectivity index (χ2n) is 2.72. The van der Waals surface area contributed by atoms with E-state index in [4.69, 9.17) is 40.5 Å². The monoisotopic (exact) mass is 376 g/mol. The number of rotatable bonds is 2. The molecule has 1 aromatic rings. The Bertz CT molecular complexity index is 374. The molecule has 0 aromatic heterocycles. The fraction of sp³-hybridized carbons (Fsp3) is 0.111. The van der Waals surface area contributed by atoms with Gasteiger partial charge in [0.05, 0.1) is 11.4 Å². The lowest BCUT2D eigenvalue weighted by atomic mass is 10.3. The van der Waals surface area contributed by atoms with Crippen molar-refractivity contribution in [2.45, 2.75) is 3.79 Å². The minimum Gasteiger partial charge on any atom is -0.397 e. The van der Waals surface area contributed by atoms with Crippen LogP contribution in [0.3, 0.4) is 0 Å². The first kappa shape index (κ1) is 13.2. The molecule has 0 atom stereocenters. The molecule has 2 nitrogen and oxygen atoms in total. The number of nitrogens with two attached hydrogens (primary N) is 1. The van der Waals surface area contributed by atoms with Crippen molar-refractivity contribution >= 4 is 63.1 Å². The molecule has 3 N–H and O–H groups in total. The Balaban J connectivity index is 2.77. The molecule has 15 heavy (non-hydrogen) atoms. The Morgan fingerprint density at radius 3 is 2.47 bits per heavy atom. The molecule has 1 rings (SSSR count). The minimum atomic E-state index is -1.58. The van der Waals surface area contributed by atoms with Crippen molar-refractivity contribution < 1.29 is 0 Å². The van der Waals surface area contributed by atoms with Gasteiger partial charge in [0.15, 0.2) is 0 Å². The van der Waals surface area contributed by atoms with Gasteiger partial charge in [0, 0.05) is 9.77 Å². The molecule has 1 aromatic carbocycles. The van der Waals surface area contributed by atoms with Crippen LogP contribution in [0.5, 0.6) is 0 Å². The van der Waals surface area contributed by atoms with Crippen LogP contribution in [0.4, 0.5) is 5.69 Å². The van der Waals surface area contributed by atoms with Gasteiger partial charge in [-0.3, -0.25) is 0 Å². The molecule has 6 heteroatoms. The quantitative estimate of drug-likeness (QED) is 0.607. The van der Waals surface area contributed by atoms with E-state index in [-0.39, 0.29) is 5.70 Å². The number of allylic oxidation sites excluding steroid dienone is 1. The minimum absolute atomic E-state index is 0.146. The van der Waals surface area contributed by atoms with Crippen molar-refractivity contribution in [2.75, 3.05) is 5.32 Å². The Hall–Kier alpha value is 0.160. The molecule has 0 aliphatic rings. The SMILES string of the molecule is NC(=CNc1ccccc1I)C(Cl)(Cl)Cl. The van der Waals surface area contributed by atoms with E-state index < -0.39 is 3.79 Å². The summed E-state index contributed by atoms with van der Waals surface area (Å²) < 4.78 is -0.517. The number of benzene rings is 1. The third-order valence-corrected chi connectivity index (χ3v) is 3.18. The summed E-state index contributed by atoms with van der Waals surface area (Å²) in [6.07, 6.45) is 1.48. The zero-order valence-electron chi connectivity index (χ0n) is 7.48. The van der Waals surface area contributed by atoms with Gasteiger partial charge in [-0.15, -0.1) is 0 Å². The molecular weight excluding hydrogens is 369 g/mol. The van der Waals surface area contributed by atoms with Gasteiger partial charge < -0.3 is 11.1 Å². The number of halogens is 4. The lowest BCUT2D eigenvalue weighted by Crippen LogP contribution is -2.17. The summed E-state index contributed by atoms with van der Waals surface area (Å²) in [6, 6.07) is 7.71. The molecule has 0 radical (unpaired) electrons. The van der Waals surface area contributed by atoms with Gasteiger partial charge in [0.2, 0.25) is 3.79 Å². The van der Waals surface area contributed by atoms with E-state index in [2.05, 4.69) is 27.9 Å². The smallest absolute Gasteiger partial charge is 0.231 e. The normalized spacial score (nSPS) is 12.7. The van der Waals surface area contributed by atoms with E-state index in [1.54, 1.807) is 0 Å². The van der Waals surface area contributed by atoms with Crippen molar-refractivity contribution in [3.63, 3.8) is 0 Å². The molecule has 0 amide bonds. The first-order chi connectivity index (χ1) is 6.91. The third-order valence-electron chi connectivity index (χ3n) is 1.58. The van der Waals surface area contributed by atoms with Gasteiger partial charge in [-0.25, -0.2) is 0 Å². The maximum atomic E-state index is 5.59. The molecular formula is C9H8Cl3IN2. The fourth-order valence-electron chi connectivity index (χ4n) is 0.816. The molecule has 0 aliphatic carbocycles. The molecule has 0 saturated carbocycles. The van der Waals surface area contributed by atoms with Crippen LogP contribution in [0.15, 0.2) is 36.2 Å². The van der Waals surface area contributed by atoms with Crippen molar-refractivity contribution in [1.82, 2.24) is 0 Å². The summed E-state index contributed by atoms with van der Waals surface area (Å²) in [5.74, 6) is 0. The fourth-order valence-corrected chi connectivity index (χ4v) is 1.52. The number of anilines is 1. The first-order valence-electron chi connectivity index (χ1n) is 3.95. The van der Waals surface area contributed by atoms with Gasteiger partial charge in [0.25, 0.3) is 0 Å². The van der Waals surface area contributed by atoms with E-state index >= 15 is 0 Å². The summed E-state index contributed by atoms with van der Waals surface area (Å²) in [6.45, 7) is 0. The highest BCUT2D eigenvalue weighted by Crippen LogP contribution is 2.31. The predicted molar refractivity (Wildman–Crippen MR) is 75.3 cm³/mol. The van der Waals surface area contributed by atoms with Gasteiger partial charge in [0.1, 0.15) is 0 Å². The molecule has 0 aliphatic heterocycles. The van der Waals surface area contributed by atoms with Crippen LogP contribution in [0.1, 0.15) is 0 Å². The molecule has 0 bridgehead atoms. The molecule has 0 heterocycles.